The molecule has 0 radical (unpaired) electrons. The zero-order valence-corrected chi connectivity index (χ0v) is 11.1. The number of rotatable bonds is 4. The van der Waals surface area contributed by atoms with Crippen LogP contribution in [0.2, 0.25) is 0 Å². The Labute approximate surface area is 105 Å². The first kappa shape index (κ1) is 12.2. The van der Waals surface area contributed by atoms with Gasteiger partial charge < -0.3 is 0 Å². The number of aromatic nitrogens is 3. The van der Waals surface area contributed by atoms with E-state index in [1.54, 1.807) is 11.3 Å². The molecule has 2 aromatic rings. The molecule has 0 spiro atoms. The summed E-state index contributed by atoms with van der Waals surface area (Å²) in [6.45, 7) is 6.93. The molecule has 0 aliphatic carbocycles. The third kappa shape index (κ3) is 2.38. The van der Waals surface area contributed by atoms with Crippen molar-refractivity contribution in [1.82, 2.24) is 20.2 Å². The molecule has 0 aliphatic heterocycles. The van der Waals surface area contributed by atoms with Gasteiger partial charge in [0.25, 0.3) is 0 Å². The van der Waals surface area contributed by atoms with Gasteiger partial charge in [0.05, 0.1) is 27.8 Å². The molecule has 0 bridgehead atoms. The van der Waals surface area contributed by atoms with Gasteiger partial charge in [0.1, 0.15) is 0 Å². The lowest BCUT2D eigenvalue weighted by atomic mass is 10.1. The molecule has 0 saturated heterocycles. The zero-order valence-electron chi connectivity index (χ0n) is 10.3. The van der Waals surface area contributed by atoms with Crippen molar-refractivity contribution >= 4 is 11.3 Å². The largest absolute Gasteiger partial charge is 0.273 e. The van der Waals surface area contributed by atoms with Crippen molar-refractivity contribution in [2.75, 3.05) is 0 Å². The molecule has 92 valence electrons. The van der Waals surface area contributed by atoms with Crippen molar-refractivity contribution in [3.63, 3.8) is 0 Å². The SMILES string of the molecule is CCn1cc(C(NN)c2sc(C)nc2C)cn1. The van der Waals surface area contributed by atoms with Crippen LogP contribution in [0.3, 0.4) is 0 Å². The Hall–Kier alpha value is -1.24. The van der Waals surface area contributed by atoms with Gasteiger partial charge in [-0.2, -0.15) is 5.10 Å². The molecule has 0 aromatic carbocycles. The standard InChI is InChI=1S/C11H17N5S/c1-4-16-6-9(5-13-16)10(15-12)11-7(2)14-8(3)17-11/h5-6,10,15H,4,12H2,1-3H3. The van der Waals surface area contributed by atoms with Gasteiger partial charge in [-0.25, -0.2) is 10.4 Å². The van der Waals surface area contributed by atoms with Crippen molar-refractivity contribution in [1.29, 1.82) is 0 Å². The van der Waals surface area contributed by atoms with Crippen molar-refractivity contribution < 1.29 is 0 Å². The molecule has 2 aromatic heterocycles. The molecule has 0 fully saturated rings. The summed E-state index contributed by atoms with van der Waals surface area (Å²) in [5.41, 5.74) is 4.94. The zero-order chi connectivity index (χ0) is 12.4. The summed E-state index contributed by atoms with van der Waals surface area (Å²) in [7, 11) is 0. The predicted octanol–water partition coefficient (Wildman–Crippen LogP) is 1.53. The summed E-state index contributed by atoms with van der Waals surface area (Å²) in [5, 5.41) is 5.33. The van der Waals surface area contributed by atoms with Gasteiger partial charge in [0.2, 0.25) is 0 Å². The highest BCUT2D eigenvalue weighted by atomic mass is 32.1. The van der Waals surface area contributed by atoms with E-state index < -0.39 is 0 Å². The minimum Gasteiger partial charge on any atom is -0.273 e. The molecule has 1 unspecified atom stereocenters. The van der Waals surface area contributed by atoms with E-state index in [2.05, 4.69) is 22.4 Å². The van der Waals surface area contributed by atoms with E-state index in [0.29, 0.717) is 0 Å². The van der Waals surface area contributed by atoms with Gasteiger partial charge in [-0.3, -0.25) is 10.5 Å². The monoisotopic (exact) mass is 251 g/mol. The molecule has 3 N–H and O–H groups in total. The van der Waals surface area contributed by atoms with Crippen LogP contribution < -0.4 is 11.3 Å². The average molecular weight is 251 g/mol. The maximum Gasteiger partial charge on any atom is 0.0900 e. The van der Waals surface area contributed by atoms with Crippen LogP contribution in [0.4, 0.5) is 0 Å². The Morgan fingerprint density at radius 3 is 2.76 bits per heavy atom. The molecule has 17 heavy (non-hydrogen) atoms. The topological polar surface area (TPSA) is 68.8 Å². The summed E-state index contributed by atoms with van der Waals surface area (Å²) in [6.07, 6.45) is 3.86. The van der Waals surface area contributed by atoms with E-state index >= 15 is 0 Å². The first-order chi connectivity index (χ1) is 8.15. The van der Waals surface area contributed by atoms with Crippen molar-refractivity contribution in [3.05, 3.63) is 33.5 Å². The highest BCUT2D eigenvalue weighted by Gasteiger charge is 2.19. The first-order valence-corrected chi connectivity index (χ1v) is 6.39. The Balaban J connectivity index is 2.36. The fourth-order valence-corrected chi connectivity index (χ4v) is 2.86. The minimum absolute atomic E-state index is 0.0264. The Kier molecular flexibility index (Phi) is 3.56. The van der Waals surface area contributed by atoms with Gasteiger partial charge in [-0.1, -0.05) is 0 Å². The molecular formula is C11H17N5S. The molecular weight excluding hydrogens is 234 g/mol. The van der Waals surface area contributed by atoms with Crippen LogP contribution in [-0.2, 0) is 6.54 Å². The maximum absolute atomic E-state index is 5.66. The molecule has 5 nitrogen and oxygen atoms in total. The lowest BCUT2D eigenvalue weighted by Crippen LogP contribution is -2.28. The lowest BCUT2D eigenvalue weighted by molar-refractivity contribution is 0.634. The van der Waals surface area contributed by atoms with Crippen LogP contribution in [0.15, 0.2) is 12.4 Å². The second-order valence-corrected chi connectivity index (χ2v) is 5.15. The van der Waals surface area contributed by atoms with Crippen LogP contribution in [0.5, 0.6) is 0 Å². The van der Waals surface area contributed by atoms with Crippen molar-refractivity contribution in [2.24, 2.45) is 5.84 Å². The fraction of sp³-hybridized carbons (Fsp3) is 0.455. The number of nitrogens with two attached hydrogens (primary N) is 1. The van der Waals surface area contributed by atoms with Crippen LogP contribution in [0, 0.1) is 13.8 Å². The van der Waals surface area contributed by atoms with Crippen LogP contribution in [0.1, 0.15) is 34.1 Å². The van der Waals surface area contributed by atoms with E-state index in [4.69, 9.17) is 5.84 Å². The van der Waals surface area contributed by atoms with Gasteiger partial charge in [0.15, 0.2) is 0 Å². The summed E-state index contributed by atoms with van der Waals surface area (Å²) in [4.78, 5) is 5.58. The Bertz CT molecular complexity index is 502. The van der Waals surface area contributed by atoms with Crippen LogP contribution in [0.25, 0.3) is 0 Å². The lowest BCUT2D eigenvalue weighted by Gasteiger charge is -2.12. The van der Waals surface area contributed by atoms with E-state index in [-0.39, 0.29) is 6.04 Å². The number of aryl methyl sites for hydroxylation is 3. The summed E-state index contributed by atoms with van der Waals surface area (Å²) >= 11 is 1.67. The number of thiazole rings is 1. The second-order valence-electron chi connectivity index (χ2n) is 3.91. The molecule has 2 heterocycles. The fourth-order valence-electron chi connectivity index (χ4n) is 1.84. The van der Waals surface area contributed by atoms with Gasteiger partial charge in [-0.05, 0) is 20.8 Å². The highest BCUT2D eigenvalue weighted by Crippen LogP contribution is 2.29. The number of nitrogens with one attached hydrogen (secondary N) is 1. The maximum atomic E-state index is 5.66. The first-order valence-electron chi connectivity index (χ1n) is 5.58. The number of hydrogen-bond donors (Lipinski definition) is 2. The molecule has 2 rings (SSSR count). The number of nitrogens with zero attached hydrogens (tertiary/aromatic N) is 3. The van der Waals surface area contributed by atoms with E-state index in [1.807, 2.05) is 30.9 Å². The normalized spacial score (nSPS) is 12.9. The van der Waals surface area contributed by atoms with Gasteiger partial charge in [0, 0.05) is 18.3 Å². The smallest absolute Gasteiger partial charge is 0.0900 e. The summed E-state index contributed by atoms with van der Waals surface area (Å²) in [5.74, 6) is 5.66. The Morgan fingerprint density at radius 2 is 2.29 bits per heavy atom. The molecule has 0 aliphatic rings. The molecule has 6 heteroatoms. The van der Waals surface area contributed by atoms with E-state index in [9.17, 15) is 0 Å². The van der Waals surface area contributed by atoms with Gasteiger partial charge in [-0.15, -0.1) is 11.3 Å². The van der Waals surface area contributed by atoms with E-state index in [1.165, 1.54) is 0 Å². The number of hydrazine groups is 1. The van der Waals surface area contributed by atoms with Gasteiger partial charge >= 0.3 is 0 Å². The molecule has 0 amide bonds. The minimum atomic E-state index is -0.0264. The summed E-state index contributed by atoms with van der Waals surface area (Å²) in [6, 6.07) is -0.0264. The predicted molar refractivity (Wildman–Crippen MR) is 68.7 cm³/mol. The van der Waals surface area contributed by atoms with Crippen molar-refractivity contribution in [3.8, 4) is 0 Å². The Morgan fingerprint density at radius 1 is 1.53 bits per heavy atom. The van der Waals surface area contributed by atoms with Crippen LogP contribution >= 0.6 is 11.3 Å². The molecule has 0 saturated carbocycles. The second kappa shape index (κ2) is 4.95. The van der Waals surface area contributed by atoms with Crippen LogP contribution in [-0.4, -0.2) is 14.8 Å². The molecule has 1 atom stereocenters. The highest BCUT2D eigenvalue weighted by molar-refractivity contribution is 7.11. The van der Waals surface area contributed by atoms with Crippen molar-refractivity contribution in [2.45, 2.75) is 33.4 Å². The summed E-state index contributed by atoms with van der Waals surface area (Å²) < 4.78 is 1.89. The third-order valence-corrected chi connectivity index (χ3v) is 3.82. The van der Waals surface area contributed by atoms with E-state index in [0.717, 1.165) is 27.7 Å². The average Bonchev–Trinajstić information content (AvgIpc) is 2.88. The number of hydrogen-bond acceptors (Lipinski definition) is 5. The third-order valence-electron chi connectivity index (χ3n) is 2.68. The quantitative estimate of drug-likeness (QED) is 0.638.